The Hall–Kier alpha value is -2.36. The predicted molar refractivity (Wildman–Crippen MR) is 160 cm³/mol. The first kappa shape index (κ1) is 31.9. The maximum atomic E-state index is 12.6. The van der Waals surface area contributed by atoms with Gasteiger partial charge in [-0.3, -0.25) is 4.79 Å². The van der Waals surface area contributed by atoms with Crippen LogP contribution in [-0.2, 0) is 19.0 Å². The quantitative estimate of drug-likeness (QED) is 0.148. The van der Waals surface area contributed by atoms with Gasteiger partial charge in [0.15, 0.2) is 6.20 Å². The first-order chi connectivity index (χ1) is 18.3. The van der Waals surface area contributed by atoms with Crippen LogP contribution in [0.3, 0.4) is 0 Å². The summed E-state index contributed by atoms with van der Waals surface area (Å²) >= 11 is 0. The highest BCUT2D eigenvalue weighted by Gasteiger charge is 2.20. The van der Waals surface area contributed by atoms with Crippen LogP contribution in [0.5, 0.6) is 5.75 Å². The standard InChI is InChI=1S/C34H54N2O2/c1-6-7-8-9-10-11-12-13-14-15-16-17-18-21-26-38-32-24-23-29(27-30(32)34(2,3)4)28-35-33(37)31-22-19-20-25-36(31)5/h19-20,22-25,27H,6-18,21,26,28H2,1-5H3/p+1. The molecule has 0 spiro atoms. The number of ether oxygens (including phenoxy) is 1. The van der Waals surface area contributed by atoms with Crippen LogP contribution in [0.15, 0.2) is 42.6 Å². The van der Waals surface area contributed by atoms with E-state index in [9.17, 15) is 4.79 Å². The summed E-state index contributed by atoms with van der Waals surface area (Å²) in [6, 6.07) is 12.0. The van der Waals surface area contributed by atoms with Gasteiger partial charge in [-0.25, -0.2) is 0 Å². The third-order valence-corrected chi connectivity index (χ3v) is 7.35. The maximum absolute atomic E-state index is 12.6. The number of pyridine rings is 1. The molecule has 1 aromatic heterocycles. The highest BCUT2D eigenvalue weighted by atomic mass is 16.5. The normalized spacial score (nSPS) is 11.5. The van der Waals surface area contributed by atoms with Crippen LogP contribution in [0.1, 0.15) is 139 Å². The number of aryl methyl sites for hydroxylation is 1. The number of carbonyl (C=O) groups excluding carboxylic acids is 1. The van der Waals surface area contributed by atoms with Crippen LogP contribution in [0, 0.1) is 0 Å². The summed E-state index contributed by atoms with van der Waals surface area (Å²) < 4.78 is 8.08. The van der Waals surface area contributed by atoms with E-state index < -0.39 is 0 Å². The van der Waals surface area contributed by atoms with E-state index in [1.54, 1.807) is 0 Å². The third kappa shape index (κ3) is 12.5. The van der Waals surface area contributed by atoms with Crippen LogP contribution in [0.4, 0.5) is 0 Å². The van der Waals surface area contributed by atoms with Crippen molar-refractivity contribution in [2.45, 2.75) is 130 Å². The molecule has 2 rings (SSSR count). The number of unbranched alkanes of at least 4 members (excludes halogenated alkanes) is 13. The Kier molecular flexibility index (Phi) is 15.1. The monoisotopic (exact) mass is 523 g/mol. The largest absolute Gasteiger partial charge is 0.493 e. The summed E-state index contributed by atoms with van der Waals surface area (Å²) in [5.41, 5.74) is 2.90. The molecule has 0 bridgehead atoms. The fourth-order valence-corrected chi connectivity index (χ4v) is 4.91. The van der Waals surface area contributed by atoms with Crippen molar-refractivity contribution in [3.05, 3.63) is 59.4 Å². The molecule has 4 nitrogen and oxygen atoms in total. The van der Waals surface area contributed by atoms with Gasteiger partial charge in [0.25, 0.3) is 5.69 Å². The number of nitrogens with one attached hydrogen (secondary N) is 1. The minimum absolute atomic E-state index is 0.0310. The maximum Gasteiger partial charge on any atom is 0.316 e. The van der Waals surface area contributed by atoms with Crippen molar-refractivity contribution in [3.8, 4) is 5.75 Å². The van der Waals surface area contributed by atoms with Gasteiger partial charge in [-0.2, -0.15) is 4.57 Å². The first-order valence-corrected chi connectivity index (χ1v) is 15.3. The molecule has 0 unspecified atom stereocenters. The van der Waals surface area contributed by atoms with Gasteiger partial charge in [-0.15, -0.1) is 0 Å². The zero-order valence-corrected chi connectivity index (χ0v) is 25.1. The van der Waals surface area contributed by atoms with Gasteiger partial charge in [0.2, 0.25) is 0 Å². The van der Waals surface area contributed by atoms with E-state index in [1.165, 1.54) is 89.0 Å². The summed E-state index contributed by atoms with van der Waals surface area (Å²) in [6.45, 7) is 10.2. The fraction of sp³-hybridized carbons (Fsp3) is 0.647. The van der Waals surface area contributed by atoms with Crippen molar-refractivity contribution >= 4 is 5.91 Å². The topological polar surface area (TPSA) is 42.2 Å². The number of amides is 1. The average Bonchev–Trinajstić information content (AvgIpc) is 2.89. The Morgan fingerprint density at radius 1 is 0.816 bits per heavy atom. The molecule has 212 valence electrons. The summed E-state index contributed by atoms with van der Waals surface area (Å²) in [4.78, 5) is 12.6. The van der Waals surface area contributed by atoms with Crippen molar-refractivity contribution in [2.24, 2.45) is 7.05 Å². The second kappa shape index (κ2) is 18.0. The van der Waals surface area contributed by atoms with Crippen molar-refractivity contribution in [2.75, 3.05) is 6.61 Å². The highest BCUT2D eigenvalue weighted by molar-refractivity contribution is 5.90. The number of benzene rings is 1. The first-order valence-electron chi connectivity index (χ1n) is 15.3. The minimum Gasteiger partial charge on any atom is -0.493 e. The van der Waals surface area contributed by atoms with Gasteiger partial charge in [0.05, 0.1) is 6.61 Å². The lowest BCUT2D eigenvalue weighted by atomic mass is 9.85. The molecule has 0 aliphatic heterocycles. The molecule has 38 heavy (non-hydrogen) atoms. The van der Waals surface area contributed by atoms with Crippen LogP contribution in [-0.4, -0.2) is 12.5 Å². The van der Waals surface area contributed by atoms with Crippen molar-refractivity contribution in [1.29, 1.82) is 0 Å². The number of carbonyl (C=O) groups is 1. The van der Waals surface area contributed by atoms with Gasteiger partial charge in [0.1, 0.15) is 12.8 Å². The number of nitrogens with zero attached hydrogens (tertiary/aromatic N) is 1. The van der Waals surface area contributed by atoms with E-state index in [2.05, 4.69) is 51.2 Å². The molecule has 0 fully saturated rings. The lowest BCUT2D eigenvalue weighted by Gasteiger charge is -2.24. The Balaban J connectivity index is 1.65. The van der Waals surface area contributed by atoms with Crippen molar-refractivity contribution < 1.29 is 14.1 Å². The number of hydrogen-bond acceptors (Lipinski definition) is 2. The van der Waals surface area contributed by atoms with E-state index >= 15 is 0 Å². The summed E-state index contributed by atoms with van der Waals surface area (Å²) in [6.07, 6.45) is 21.0. The van der Waals surface area contributed by atoms with Gasteiger partial charge < -0.3 is 10.1 Å². The smallest absolute Gasteiger partial charge is 0.316 e. The highest BCUT2D eigenvalue weighted by Crippen LogP contribution is 2.32. The van der Waals surface area contributed by atoms with E-state index in [0.29, 0.717) is 12.2 Å². The van der Waals surface area contributed by atoms with Crippen molar-refractivity contribution in [1.82, 2.24) is 5.32 Å². The zero-order chi connectivity index (χ0) is 27.6. The third-order valence-electron chi connectivity index (χ3n) is 7.35. The van der Waals surface area contributed by atoms with E-state index in [-0.39, 0.29) is 11.3 Å². The molecular formula is C34H55N2O2+. The Morgan fingerprint density at radius 3 is 1.95 bits per heavy atom. The van der Waals surface area contributed by atoms with Crippen LogP contribution < -0.4 is 14.6 Å². The second-order valence-electron chi connectivity index (χ2n) is 11.9. The molecule has 0 saturated heterocycles. The molecule has 0 aliphatic carbocycles. The van der Waals surface area contributed by atoms with E-state index in [4.69, 9.17) is 4.74 Å². The zero-order valence-electron chi connectivity index (χ0n) is 25.1. The lowest BCUT2D eigenvalue weighted by Crippen LogP contribution is -2.40. The van der Waals surface area contributed by atoms with E-state index in [1.807, 2.05) is 36.0 Å². The molecular weight excluding hydrogens is 468 g/mol. The van der Waals surface area contributed by atoms with Crippen LogP contribution in [0.2, 0.25) is 0 Å². The van der Waals surface area contributed by atoms with E-state index in [0.717, 1.165) is 24.3 Å². The molecule has 0 aliphatic rings. The summed E-state index contributed by atoms with van der Waals surface area (Å²) in [7, 11) is 1.89. The van der Waals surface area contributed by atoms with Crippen molar-refractivity contribution in [3.63, 3.8) is 0 Å². The second-order valence-corrected chi connectivity index (χ2v) is 11.9. The predicted octanol–water partition coefficient (Wildman–Crippen LogP) is 8.60. The molecule has 1 aromatic carbocycles. The molecule has 2 aromatic rings. The SMILES string of the molecule is CCCCCCCCCCCCCCCCOc1ccc(CNC(=O)c2cccc[n+]2C)cc1C(C)(C)C. The molecule has 1 N–H and O–H groups in total. The molecule has 0 radical (unpaired) electrons. The molecule has 0 saturated carbocycles. The van der Waals surface area contributed by atoms with Crippen LogP contribution >= 0.6 is 0 Å². The Morgan fingerprint density at radius 2 is 1.39 bits per heavy atom. The Labute approximate surface area is 233 Å². The molecule has 4 heteroatoms. The molecule has 1 heterocycles. The number of rotatable bonds is 19. The summed E-state index contributed by atoms with van der Waals surface area (Å²) in [5, 5.41) is 3.05. The van der Waals surface area contributed by atoms with Gasteiger partial charge in [0, 0.05) is 18.7 Å². The minimum atomic E-state index is -0.0662. The molecule has 0 atom stereocenters. The number of hydrogen-bond donors (Lipinski definition) is 1. The fourth-order valence-electron chi connectivity index (χ4n) is 4.91. The lowest BCUT2D eigenvalue weighted by molar-refractivity contribution is -0.673. The van der Waals surface area contributed by atoms with Gasteiger partial charge in [-0.1, -0.05) is 117 Å². The number of aromatic nitrogens is 1. The van der Waals surface area contributed by atoms with Gasteiger partial charge >= 0.3 is 5.91 Å². The summed E-state index contributed by atoms with van der Waals surface area (Å²) in [5.74, 6) is 0.903. The van der Waals surface area contributed by atoms with Gasteiger partial charge in [-0.05, 0) is 41.2 Å². The average molecular weight is 524 g/mol. The molecule has 1 amide bonds. The van der Waals surface area contributed by atoms with Crippen LogP contribution in [0.25, 0.3) is 0 Å². The Bertz CT molecular complexity index is 932.